The van der Waals surface area contributed by atoms with Crippen LogP contribution in [-0.4, -0.2) is 29.2 Å². The third kappa shape index (κ3) is 3.14. The van der Waals surface area contributed by atoms with E-state index in [-0.39, 0.29) is 5.91 Å². The zero-order chi connectivity index (χ0) is 13.0. The standard InChI is InChI=1S/C15H20BrNO/c1-12-5-2-3-7-14(12)15(18)17-10-4-6-13(11-17)8-9-16/h2-3,5,7,13H,4,6,8-11H2,1H3. The van der Waals surface area contributed by atoms with Gasteiger partial charge >= 0.3 is 0 Å². The fraction of sp³-hybridized carbons (Fsp3) is 0.533. The molecule has 1 fully saturated rings. The van der Waals surface area contributed by atoms with Gasteiger partial charge in [-0.1, -0.05) is 34.1 Å². The van der Waals surface area contributed by atoms with E-state index >= 15 is 0 Å². The van der Waals surface area contributed by atoms with Crippen LogP contribution in [-0.2, 0) is 0 Å². The van der Waals surface area contributed by atoms with E-state index in [0.717, 1.165) is 42.4 Å². The average molecular weight is 310 g/mol. The first-order valence-electron chi connectivity index (χ1n) is 6.63. The number of alkyl halides is 1. The molecule has 2 nitrogen and oxygen atoms in total. The van der Waals surface area contributed by atoms with Crippen molar-refractivity contribution >= 4 is 21.8 Å². The van der Waals surface area contributed by atoms with Crippen LogP contribution >= 0.6 is 15.9 Å². The monoisotopic (exact) mass is 309 g/mol. The number of rotatable bonds is 3. The van der Waals surface area contributed by atoms with E-state index in [1.807, 2.05) is 36.1 Å². The van der Waals surface area contributed by atoms with Crippen LogP contribution in [0.4, 0.5) is 0 Å². The Bertz CT molecular complexity index is 417. The van der Waals surface area contributed by atoms with Crippen molar-refractivity contribution < 1.29 is 4.79 Å². The van der Waals surface area contributed by atoms with Crippen LogP contribution in [0.15, 0.2) is 24.3 Å². The van der Waals surface area contributed by atoms with Gasteiger partial charge < -0.3 is 4.90 Å². The van der Waals surface area contributed by atoms with Crippen LogP contribution in [0.25, 0.3) is 0 Å². The van der Waals surface area contributed by atoms with Crippen molar-refractivity contribution in [3.63, 3.8) is 0 Å². The van der Waals surface area contributed by atoms with Gasteiger partial charge in [0.05, 0.1) is 0 Å². The lowest BCUT2D eigenvalue weighted by molar-refractivity contribution is 0.0671. The molecule has 1 aromatic carbocycles. The molecule has 0 radical (unpaired) electrons. The molecule has 1 heterocycles. The number of likely N-dealkylation sites (tertiary alicyclic amines) is 1. The van der Waals surface area contributed by atoms with E-state index in [1.54, 1.807) is 0 Å². The van der Waals surface area contributed by atoms with Crippen molar-refractivity contribution in [3.8, 4) is 0 Å². The third-order valence-corrected chi connectivity index (χ3v) is 4.16. The molecule has 1 atom stereocenters. The van der Waals surface area contributed by atoms with E-state index in [0.29, 0.717) is 5.92 Å². The van der Waals surface area contributed by atoms with Crippen LogP contribution in [0.5, 0.6) is 0 Å². The number of nitrogens with zero attached hydrogens (tertiary/aromatic N) is 1. The largest absolute Gasteiger partial charge is 0.338 e. The zero-order valence-corrected chi connectivity index (χ0v) is 12.4. The summed E-state index contributed by atoms with van der Waals surface area (Å²) in [5.74, 6) is 0.860. The lowest BCUT2D eigenvalue weighted by atomic mass is 9.95. The van der Waals surface area contributed by atoms with Crippen molar-refractivity contribution in [2.45, 2.75) is 26.2 Å². The number of piperidine rings is 1. The highest BCUT2D eigenvalue weighted by Gasteiger charge is 2.24. The maximum atomic E-state index is 12.5. The molecule has 0 N–H and O–H groups in total. The Hall–Kier alpha value is -0.830. The fourth-order valence-corrected chi connectivity index (χ4v) is 3.27. The molecule has 1 amide bonds. The van der Waals surface area contributed by atoms with Crippen LogP contribution in [0.3, 0.4) is 0 Å². The van der Waals surface area contributed by atoms with Crippen molar-refractivity contribution in [1.29, 1.82) is 0 Å². The van der Waals surface area contributed by atoms with Gasteiger partial charge in [0.15, 0.2) is 0 Å². The Labute approximate surface area is 117 Å². The second-order valence-corrected chi connectivity index (χ2v) is 5.84. The van der Waals surface area contributed by atoms with E-state index in [9.17, 15) is 4.79 Å². The Kier molecular flexibility index (Phi) is 4.81. The highest BCUT2D eigenvalue weighted by Crippen LogP contribution is 2.22. The first kappa shape index (κ1) is 13.6. The smallest absolute Gasteiger partial charge is 0.254 e. The van der Waals surface area contributed by atoms with Gasteiger partial charge in [-0.2, -0.15) is 0 Å². The highest BCUT2D eigenvalue weighted by molar-refractivity contribution is 9.09. The molecule has 98 valence electrons. The van der Waals surface area contributed by atoms with Gasteiger partial charge in [-0.05, 0) is 43.7 Å². The van der Waals surface area contributed by atoms with Gasteiger partial charge in [-0.3, -0.25) is 4.79 Å². The van der Waals surface area contributed by atoms with Crippen LogP contribution in [0.1, 0.15) is 35.2 Å². The van der Waals surface area contributed by atoms with Crippen molar-refractivity contribution in [2.75, 3.05) is 18.4 Å². The number of hydrogen-bond donors (Lipinski definition) is 0. The zero-order valence-electron chi connectivity index (χ0n) is 10.9. The summed E-state index contributed by atoms with van der Waals surface area (Å²) in [7, 11) is 0. The highest BCUT2D eigenvalue weighted by atomic mass is 79.9. The molecule has 1 aromatic rings. The van der Waals surface area contributed by atoms with Gasteiger partial charge in [0.2, 0.25) is 0 Å². The Morgan fingerprint density at radius 2 is 2.22 bits per heavy atom. The molecule has 0 bridgehead atoms. The molecule has 1 aliphatic rings. The van der Waals surface area contributed by atoms with Crippen molar-refractivity contribution in [1.82, 2.24) is 4.90 Å². The molecule has 3 heteroatoms. The number of halogens is 1. The van der Waals surface area contributed by atoms with E-state index in [2.05, 4.69) is 15.9 Å². The third-order valence-electron chi connectivity index (χ3n) is 3.70. The molecule has 2 rings (SSSR count). The summed E-state index contributed by atoms with van der Waals surface area (Å²) in [4.78, 5) is 14.5. The number of aryl methyl sites for hydroxylation is 1. The second kappa shape index (κ2) is 6.37. The molecule has 1 saturated heterocycles. The molecular formula is C15H20BrNO. The summed E-state index contributed by atoms with van der Waals surface area (Å²) < 4.78 is 0. The van der Waals surface area contributed by atoms with Crippen LogP contribution < -0.4 is 0 Å². The predicted octanol–water partition coefficient (Wildman–Crippen LogP) is 3.63. The number of benzene rings is 1. The molecule has 0 saturated carbocycles. The maximum absolute atomic E-state index is 12.5. The summed E-state index contributed by atoms with van der Waals surface area (Å²) >= 11 is 3.49. The Morgan fingerprint density at radius 3 is 2.94 bits per heavy atom. The Balaban J connectivity index is 2.07. The topological polar surface area (TPSA) is 20.3 Å². The normalized spacial score (nSPS) is 19.9. The van der Waals surface area contributed by atoms with Crippen molar-refractivity contribution in [2.24, 2.45) is 5.92 Å². The molecule has 0 spiro atoms. The number of carbonyl (C=O) groups excluding carboxylic acids is 1. The number of hydrogen-bond acceptors (Lipinski definition) is 1. The van der Waals surface area contributed by atoms with Gasteiger partial charge in [-0.25, -0.2) is 0 Å². The van der Waals surface area contributed by atoms with Gasteiger partial charge in [0.1, 0.15) is 0 Å². The first-order valence-corrected chi connectivity index (χ1v) is 7.75. The lowest BCUT2D eigenvalue weighted by Crippen LogP contribution is -2.40. The van der Waals surface area contributed by atoms with Gasteiger partial charge in [-0.15, -0.1) is 0 Å². The number of amides is 1. The summed E-state index contributed by atoms with van der Waals surface area (Å²) in [5, 5.41) is 1.03. The fourth-order valence-electron chi connectivity index (χ4n) is 2.62. The first-order chi connectivity index (χ1) is 8.72. The SMILES string of the molecule is Cc1ccccc1C(=O)N1CCCC(CCBr)C1. The van der Waals surface area contributed by atoms with Crippen LogP contribution in [0, 0.1) is 12.8 Å². The minimum Gasteiger partial charge on any atom is -0.338 e. The van der Waals surface area contributed by atoms with E-state index < -0.39 is 0 Å². The van der Waals surface area contributed by atoms with Gasteiger partial charge in [0, 0.05) is 24.0 Å². The summed E-state index contributed by atoms with van der Waals surface area (Å²) in [5.41, 5.74) is 1.93. The van der Waals surface area contributed by atoms with E-state index in [4.69, 9.17) is 0 Å². The molecule has 0 aliphatic carbocycles. The Morgan fingerprint density at radius 1 is 1.44 bits per heavy atom. The second-order valence-electron chi connectivity index (χ2n) is 5.05. The minimum absolute atomic E-state index is 0.201. The average Bonchev–Trinajstić information content (AvgIpc) is 2.39. The summed E-state index contributed by atoms with van der Waals surface area (Å²) in [6.45, 7) is 3.83. The predicted molar refractivity (Wildman–Crippen MR) is 78.2 cm³/mol. The lowest BCUT2D eigenvalue weighted by Gasteiger charge is -2.33. The summed E-state index contributed by atoms with van der Waals surface area (Å²) in [6.07, 6.45) is 3.55. The van der Waals surface area contributed by atoms with Gasteiger partial charge in [0.25, 0.3) is 5.91 Å². The molecular weight excluding hydrogens is 290 g/mol. The summed E-state index contributed by atoms with van der Waals surface area (Å²) in [6, 6.07) is 7.87. The van der Waals surface area contributed by atoms with E-state index in [1.165, 1.54) is 6.42 Å². The van der Waals surface area contributed by atoms with Crippen LogP contribution in [0.2, 0.25) is 0 Å². The van der Waals surface area contributed by atoms with Crippen molar-refractivity contribution in [3.05, 3.63) is 35.4 Å². The number of carbonyl (C=O) groups is 1. The quantitative estimate of drug-likeness (QED) is 0.781. The molecule has 18 heavy (non-hydrogen) atoms. The molecule has 0 aromatic heterocycles. The molecule has 1 aliphatic heterocycles. The molecule has 1 unspecified atom stereocenters. The maximum Gasteiger partial charge on any atom is 0.254 e. The minimum atomic E-state index is 0.201.